The van der Waals surface area contributed by atoms with Crippen LogP contribution in [0.3, 0.4) is 0 Å². The van der Waals surface area contributed by atoms with Crippen LogP contribution in [-0.2, 0) is 35.1 Å². The van der Waals surface area contributed by atoms with E-state index in [1.54, 1.807) is 18.2 Å². The average molecular weight is 758 g/mol. The molecule has 8 rings (SSSR count). The number of fused-ring (bicyclic) bond motifs is 1. The van der Waals surface area contributed by atoms with Gasteiger partial charge in [-0.1, -0.05) is 32.0 Å². The van der Waals surface area contributed by atoms with E-state index in [9.17, 15) is 18.0 Å². The number of esters is 2. The minimum Gasteiger partial charge on any atom is -0.465 e. The van der Waals surface area contributed by atoms with Gasteiger partial charge in [0.25, 0.3) is 10.1 Å². The average Bonchev–Trinajstić information content (AvgIpc) is 3.41. The Labute approximate surface area is 317 Å². The Balaban J connectivity index is 1.28. The van der Waals surface area contributed by atoms with Crippen molar-refractivity contribution in [2.24, 2.45) is 16.2 Å². The van der Waals surface area contributed by atoms with Gasteiger partial charge in [0, 0.05) is 23.4 Å². The molecule has 54 heavy (non-hydrogen) atoms. The highest BCUT2D eigenvalue weighted by atomic mass is 32.2. The number of methoxy groups -OCH3 is 1. The molecule has 2 aromatic heterocycles. The van der Waals surface area contributed by atoms with Gasteiger partial charge in [0.15, 0.2) is 0 Å². The SMILES string of the molecule is COC(=O)c1cccc2cc(-c3cnn(CC45CC6(C)CC(C)(C4)CC(OCCOS(C)(=O)=O)(C6)C5)c3C)c(-c3cccc(C(=O)OC(C)(C)C)n3)cc12. The lowest BCUT2D eigenvalue weighted by atomic mass is 9.39. The van der Waals surface area contributed by atoms with Crippen molar-refractivity contribution in [3.63, 3.8) is 0 Å². The first-order valence-corrected chi connectivity index (χ1v) is 20.4. The van der Waals surface area contributed by atoms with Crippen molar-refractivity contribution in [1.82, 2.24) is 14.8 Å². The van der Waals surface area contributed by atoms with Gasteiger partial charge >= 0.3 is 11.9 Å². The molecule has 2 aromatic carbocycles. The molecule has 2 heterocycles. The fourth-order valence-corrected chi connectivity index (χ4v) is 11.2. The smallest absolute Gasteiger partial charge is 0.357 e. The highest BCUT2D eigenvalue weighted by Gasteiger charge is 2.66. The third kappa shape index (κ3) is 7.57. The number of aromatic nitrogens is 3. The van der Waals surface area contributed by atoms with Crippen molar-refractivity contribution in [3.8, 4) is 22.4 Å². The molecule has 0 N–H and O–H groups in total. The highest BCUT2D eigenvalue weighted by molar-refractivity contribution is 7.85. The molecular formula is C42H51N3O8S. The van der Waals surface area contributed by atoms with Gasteiger partial charge in [-0.2, -0.15) is 13.5 Å². The lowest BCUT2D eigenvalue weighted by Gasteiger charge is -2.69. The largest absolute Gasteiger partial charge is 0.465 e. The van der Waals surface area contributed by atoms with Gasteiger partial charge in [-0.25, -0.2) is 14.6 Å². The summed E-state index contributed by atoms with van der Waals surface area (Å²) in [4.78, 5) is 30.8. The summed E-state index contributed by atoms with van der Waals surface area (Å²) < 4.78 is 47.8. The van der Waals surface area contributed by atoms with Gasteiger partial charge in [-0.15, -0.1) is 0 Å². The monoisotopic (exact) mass is 757 g/mol. The molecule has 0 saturated heterocycles. The van der Waals surface area contributed by atoms with Crippen molar-refractivity contribution in [2.45, 2.75) is 97.8 Å². The summed E-state index contributed by atoms with van der Waals surface area (Å²) in [5.41, 5.74) is 3.80. The molecule has 0 spiro atoms. The van der Waals surface area contributed by atoms with E-state index in [-0.39, 0.29) is 40.8 Å². The first-order valence-electron chi connectivity index (χ1n) is 18.6. The lowest BCUT2D eigenvalue weighted by Crippen LogP contribution is -2.64. The van der Waals surface area contributed by atoms with E-state index < -0.39 is 27.7 Å². The summed E-state index contributed by atoms with van der Waals surface area (Å²) in [5, 5.41) is 6.58. The lowest BCUT2D eigenvalue weighted by molar-refractivity contribution is -0.249. The number of pyridine rings is 1. The second-order valence-electron chi connectivity index (χ2n) is 17.9. The van der Waals surface area contributed by atoms with Crippen molar-refractivity contribution in [1.29, 1.82) is 0 Å². The number of carbonyl (C=O) groups excluding carboxylic acids is 2. The van der Waals surface area contributed by atoms with E-state index in [4.69, 9.17) is 28.5 Å². The summed E-state index contributed by atoms with van der Waals surface area (Å²) in [6.07, 6.45) is 9.00. The van der Waals surface area contributed by atoms with Crippen LogP contribution in [0.4, 0.5) is 0 Å². The molecule has 0 amide bonds. The zero-order chi connectivity index (χ0) is 38.9. The van der Waals surface area contributed by atoms with Crippen LogP contribution in [0, 0.1) is 23.2 Å². The number of ether oxygens (including phenoxy) is 3. The van der Waals surface area contributed by atoms with Crippen LogP contribution in [0.1, 0.15) is 99.7 Å². The summed E-state index contributed by atoms with van der Waals surface area (Å²) in [6.45, 7) is 13.3. The Morgan fingerprint density at radius 2 is 1.57 bits per heavy atom. The summed E-state index contributed by atoms with van der Waals surface area (Å²) in [7, 11) is -2.18. The molecule has 4 aromatic rings. The molecule has 0 radical (unpaired) electrons. The van der Waals surface area contributed by atoms with E-state index in [1.807, 2.05) is 51.2 Å². The zero-order valence-electron chi connectivity index (χ0n) is 32.6. The molecule has 4 aliphatic carbocycles. The van der Waals surface area contributed by atoms with Gasteiger partial charge in [0.1, 0.15) is 11.3 Å². The van der Waals surface area contributed by atoms with E-state index in [0.717, 1.165) is 79.1 Å². The Morgan fingerprint density at radius 1 is 0.870 bits per heavy atom. The molecule has 288 valence electrons. The standard InChI is InChI=1S/C42H51N3O8S/c1-27-33(19-43-45(27)26-41-21-39(5)20-40(6,22-41)24-42(23-39,25-41)51-15-16-52-54(8,48)49)31-17-28-11-9-12-29(36(46)50-7)30(28)18-32(31)34-13-10-14-35(44-34)37(47)53-38(2,3)4/h9-14,17-19H,15-16,20-26H2,1-8H3. The molecule has 4 aliphatic rings. The van der Waals surface area contributed by atoms with E-state index in [1.165, 1.54) is 7.11 Å². The third-order valence-electron chi connectivity index (χ3n) is 11.4. The first-order chi connectivity index (χ1) is 25.2. The molecular weight excluding hydrogens is 707 g/mol. The number of benzene rings is 2. The third-order valence-corrected chi connectivity index (χ3v) is 12.0. The minimum atomic E-state index is -3.54. The number of rotatable bonds is 11. The van der Waals surface area contributed by atoms with Gasteiger partial charge in [0.05, 0.1) is 49.6 Å². The van der Waals surface area contributed by atoms with E-state index in [0.29, 0.717) is 16.6 Å². The topological polar surface area (TPSA) is 136 Å². The molecule has 2 atom stereocenters. The molecule has 11 nitrogen and oxygen atoms in total. The maximum atomic E-state index is 13.1. The van der Waals surface area contributed by atoms with Crippen molar-refractivity contribution >= 4 is 32.8 Å². The maximum absolute atomic E-state index is 13.1. The van der Waals surface area contributed by atoms with E-state index in [2.05, 4.69) is 31.5 Å². The number of hydrogen-bond donors (Lipinski definition) is 0. The first kappa shape index (κ1) is 38.2. The molecule has 0 aliphatic heterocycles. The predicted molar refractivity (Wildman–Crippen MR) is 205 cm³/mol. The second-order valence-corrected chi connectivity index (χ2v) is 19.5. The Kier molecular flexibility index (Phi) is 9.38. The normalized spacial score (nSPS) is 26.3. The van der Waals surface area contributed by atoms with Crippen molar-refractivity contribution < 1.29 is 36.4 Å². The van der Waals surface area contributed by atoms with Crippen LogP contribution in [-0.4, -0.2) is 72.9 Å². The van der Waals surface area contributed by atoms with Crippen LogP contribution in [0.15, 0.2) is 54.7 Å². The predicted octanol–water partition coefficient (Wildman–Crippen LogP) is 7.93. The minimum absolute atomic E-state index is 0.00733. The van der Waals surface area contributed by atoms with Crippen molar-refractivity contribution in [3.05, 3.63) is 71.7 Å². The quantitative estimate of drug-likeness (QED) is 0.0843. The van der Waals surface area contributed by atoms with Crippen LogP contribution in [0.25, 0.3) is 33.2 Å². The van der Waals surface area contributed by atoms with Gasteiger partial charge in [-0.3, -0.25) is 8.86 Å². The van der Waals surface area contributed by atoms with Crippen LogP contribution in [0.2, 0.25) is 0 Å². The summed E-state index contributed by atoms with van der Waals surface area (Å²) in [5.74, 6) is -0.963. The van der Waals surface area contributed by atoms with Crippen LogP contribution < -0.4 is 0 Å². The molecule has 12 heteroatoms. The molecule has 2 unspecified atom stereocenters. The van der Waals surface area contributed by atoms with Crippen LogP contribution in [0.5, 0.6) is 0 Å². The fourth-order valence-electron chi connectivity index (χ4n) is 10.9. The molecule has 4 saturated carbocycles. The Hall–Kier alpha value is -4.13. The van der Waals surface area contributed by atoms with Gasteiger partial charge in [0.2, 0.25) is 0 Å². The summed E-state index contributed by atoms with van der Waals surface area (Å²) >= 11 is 0. The Morgan fingerprint density at radius 3 is 2.24 bits per heavy atom. The number of nitrogens with zero attached hydrogens (tertiary/aromatic N) is 3. The fraction of sp³-hybridized carbons (Fsp3) is 0.524. The van der Waals surface area contributed by atoms with E-state index >= 15 is 0 Å². The van der Waals surface area contributed by atoms with Gasteiger partial charge in [-0.05, 0) is 129 Å². The molecule has 4 fully saturated rings. The maximum Gasteiger partial charge on any atom is 0.357 e. The second kappa shape index (κ2) is 13.3. The number of carbonyl (C=O) groups is 2. The van der Waals surface area contributed by atoms with Gasteiger partial charge < -0.3 is 14.2 Å². The number of hydrogen-bond acceptors (Lipinski definition) is 10. The summed E-state index contributed by atoms with van der Waals surface area (Å²) in [6, 6.07) is 14.8. The van der Waals surface area contributed by atoms with Crippen molar-refractivity contribution in [2.75, 3.05) is 26.6 Å². The zero-order valence-corrected chi connectivity index (χ0v) is 33.4. The Bertz CT molecular complexity index is 2240. The highest BCUT2D eigenvalue weighted by Crippen LogP contribution is 2.72. The molecule has 4 bridgehead atoms. The van der Waals surface area contributed by atoms with Crippen LogP contribution >= 0.6 is 0 Å².